The predicted molar refractivity (Wildman–Crippen MR) is 51.2 cm³/mol. The lowest BCUT2D eigenvalue weighted by molar-refractivity contribution is 0.988. The summed E-state index contributed by atoms with van der Waals surface area (Å²) in [5, 5.41) is 6.42. The Balaban J connectivity index is 2.48. The molecule has 2 heterocycles. The normalized spacial score (nSPS) is 10.4. The van der Waals surface area contributed by atoms with E-state index in [2.05, 4.69) is 25.1 Å². The van der Waals surface area contributed by atoms with Crippen LogP contribution in [-0.2, 0) is 6.42 Å². The zero-order chi connectivity index (χ0) is 9.97. The van der Waals surface area contributed by atoms with Gasteiger partial charge in [-0.2, -0.15) is 5.10 Å². The molecule has 0 saturated heterocycles. The largest absolute Gasteiger partial charge is 0.384 e. The van der Waals surface area contributed by atoms with Crippen LogP contribution < -0.4 is 5.73 Å². The van der Waals surface area contributed by atoms with E-state index in [0.717, 1.165) is 12.1 Å². The van der Waals surface area contributed by atoms with Crippen molar-refractivity contribution in [2.45, 2.75) is 13.3 Å². The summed E-state index contributed by atoms with van der Waals surface area (Å²) in [6.45, 7) is 2.01. The molecule has 72 valence electrons. The van der Waals surface area contributed by atoms with Gasteiger partial charge in [-0.25, -0.2) is 15.0 Å². The van der Waals surface area contributed by atoms with Crippen molar-refractivity contribution in [3.05, 3.63) is 18.1 Å². The van der Waals surface area contributed by atoms with Gasteiger partial charge in [0.2, 0.25) is 0 Å². The summed E-state index contributed by atoms with van der Waals surface area (Å²) < 4.78 is 0. The minimum absolute atomic E-state index is 0.447. The molecule has 3 N–H and O–H groups in total. The number of hydrogen-bond acceptors (Lipinski definition) is 5. The number of H-pyrrole nitrogens is 1. The molecule has 0 aliphatic rings. The zero-order valence-corrected chi connectivity index (χ0v) is 7.73. The summed E-state index contributed by atoms with van der Waals surface area (Å²) in [4.78, 5) is 12.3. The van der Waals surface area contributed by atoms with E-state index in [4.69, 9.17) is 5.73 Å². The van der Waals surface area contributed by atoms with Gasteiger partial charge < -0.3 is 5.73 Å². The number of nitrogen functional groups attached to an aromatic ring is 1. The van der Waals surface area contributed by atoms with Crippen LogP contribution in [0.5, 0.6) is 0 Å². The first-order valence-corrected chi connectivity index (χ1v) is 4.28. The maximum Gasteiger partial charge on any atom is 0.199 e. The summed E-state index contributed by atoms with van der Waals surface area (Å²) in [6.07, 6.45) is 2.22. The SMILES string of the molecule is CCc1cc(N)nc(-c2ncn[nH]2)n1. The van der Waals surface area contributed by atoms with E-state index in [-0.39, 0.29) is 0 Å². The molecule has 0 radical (unpaired) electrons. The van der Waals surface area contributed by atoms with Gasteiger partial charge >= 0.3 is 0 Å². The van der Waals surface area contributed by atoms with E-state index in [0.29, 0.717) is 17.5 Å². The van der Waals surface area contributed by atoms with E-state index < -0.39 is 0 Å². The molecule has 0 aliphatic heterocycles. The summed E-state index contributed by atoms with van der Waals surface area (Å²) in [6, 6.07) is 1.75. The molecule has 2 aromatic heterocycles. The van der Waals surface area contributed by atoms with Crippen molar-refractivity contribution in [3.8, 4) is 11.6 Å². The Labute approximate surface area is 80.6 Å². The number of nitrogens with zero attached hydrogens (tertiary/aromatic N) is 4. The maximum absolute atomic E-state index is 5.63. The smallest absolute Gasteiger partial charge is 0.199 e. The Bertz CT molecular complexity index is 421. The molecule has 0 unspecified atom stereocenters. The number of hydrogen-bond donors (Lipinski definition) is 2. The number of anilines is 1. The van der Waals surface area contributed by atoms with Gasteiger partial charge in [0.05, 0.1) is 0 Å². The molecule has 14 heavy (non-hydrogen) atoms. The highest BCUT2D eigenvalue weighted by atomic mass is 15.2. The van der Waals surface area contributed by atoms with Crippen molar-refractivity contribution >= 4 is 5.82 Å². The maximum atomic E-state index is 5.63. The molecule has 2 rings (SSSR count). The number of rotatable bonds is 2. The molecule has 0 aliphatic carbocycles. The first-order valence-electron chi connectivity index (χ1n) is 4.28. The first kappa shape index (κ1) is 8.61. The topological polar surface area (TPSA) is 93.4 Å². The van der Waals surface area contributed by atoms with Crippen LogP contribution >= 0.6 is 0 Å². The summed E-state index contributed by atoms with van der Waals surface area (Å²) >= 11 is 0. The lowest BCUT2D eigenvalue weighted by atomic mass is 10.3. The second-order valence-electron chi connectivity index (χ2n) is 2.80. The van der Waals surface area contributed by atoms with Gasteiger partial charge in [0, 0.05) is 11.8 Å². The van der Waals surface area contributed by atoms with Gasteiger partial charge in [0.15, 0.2) is 11.6 Å². The average Bonchev–Trinajstić information content (AvgIpc) is 2.69. The average molecular weight is 190 g/mol. The molecule has 0 bridgehead atoms. The van der Waals surface area contributed by atoms with Crippen LogP contribution in [-0.4, -0.2) is 25.1 Å². The number of aryl methyl sites for hydroxylation is 1. The molecule has 0 aromatic carbocycles. The number of nitrogens with two attached hydrogens (primary N) is 1. The number of nitrogens with one attached hydrogen (secondary N) is 1. The van der Waals surface area contributed by atoms with Gasteiger partial charge in [-0.15, -0.1) is 0 Å². The highest BCUT2D eigenvalue weighted by Crippen LogP contribution is 2.11. The molecule has 6 nitrogen and oxygen atoms in total. The van der Waals surface area contributed by atoms with Crippen molar-refractivity contribution in [1.82, 2.24) is 25.1 Å². The number of aromatic nitrogens is 5. The van der Waals surface area contributed by atoms with Crippen molar-refractivity contribution in [2.24, 2.45) is 0 Å². The van der Waals surface area contributed by atoms with E-state index in [1.807, 2.05) is 6.92 Å². The Morgan fingerprint density at radius 3 is 2.93 bits per heavy atom. The Kier molecular flexibility index (Phi) is 2.10. The van der Waals surface area contributed by atoms with Crippen molar-refractivity contribution < 1.29 is 0 Å². The van der Waals surface area contributed by atoms with Gasteiger partial charge in [0.1, 0.15) is 12.1 Å². The molecular weight excluding hydrogens is 180 g/mol. The molecule has 2 aromatic rings. The molecule has 0 fully saturated rings. The molecule has 0 spiro atoms. The lowest BCUT2D eigenvalue weighted by Gasteiger charge is -2.00. The highest BCUT2D eigenvalue weighted by molar-refractivity contribution is 5.46. The lowest BCUT2D eigenvalue weighted by Crippen LogP contribution is -2.00. The molecule has 0 saturated carbocycles. The fraction of sp³-hybridized carbons (Fsp3) is 0.250. The standard InChI is InChI=1S/C8H10N6/c1-2-5-3-6(9)13-8(12-5)7-10-4-11-14-7/h3-4H,2H2,1H3,(H2,9,12,13)(H,10,11,14). The van der Waals surface area contributed by atoms with Gasteiger partial charge in [-0.3, -0.25) is 5.10 Å². The predicted octanol–water partition coefficient (Wildman–Crippen LogP) is 0.406. The van der Waals surface area contributed by atoms with Crippen LogP contribution in [0.15, 0.2) is 12.4 Å². The molecular formula is C8H10N6. The fourth-order valence-corrected chi connectivity index (χ4v) is 1.12. The first-order chi connectivity index (χ1) is 6.79. The van der Waals surface area contributed by atoms with E-state index in [1.165, 1.54) is 6.33 Å². The Hall–Kier alpha value is -1.98. The monoisotopic (exact) mass is 190 g/mol. The minimum atomic E-state index is 0.447. The Morgan fingerprint density at radius 2 is 2.29 bits per heavy atom. The van der Waals surface area contributed by atoms with Crippen LogP contribution in [0.3, 0.4) is 0 Å². The molecule has 6 heteroatoms. The third-order valence-electron chi connectivity index (χ3n) is 1.79. The van der Waals surface area contributed by atoms with E-state index >= 15 is 0 Å². The summed E-state index contributed by atoms with van der Waals surface area (Å²) in [5.74, 6) is 1.47. The van der Waals surface area contributed by atoms with Gasteiger partial charge in [0.25, 0.3) is 0 Å². The summed E-state index contributed by atoms with van der Waals surface area (Å²) in [5.41, 5.74) is 6.52. The van der Waals surface area contributed by atoms with Gasteiger partial charge in [-0.1, -0.05) is 6.92 Å². The molecule has 0 atom stereocenters. The van der Waals surface area contributed by atoms with Crippen LogP contribution in [0.2, 0.25) is 0 Å². The summed E-state index contributed by atoms with van der Waals surface area (Å²) in [7, 11) is 0. The van der Waals surface area contributed by atoms with Crippen molar-refractivity contribution in [1.29, 1.82) is 0 Å². The second kappa shape index (κ2) is 3.41. The third-order valence-corrected chi connectivity index (χ3v) is 1.79. The minimum Gasteiger partial charge on any atom is -0.384 e. The van der Waals surface area contributed by atoms with Crippen LogP contribution in [0.1, 0.15) is 12.6 Å². The Morgan fingerprint density at radius 1 is 1.43 bits per heavy atom. The quantitative estimate of drug-likeness (QED) is 0.715. The fourth-order valence-electron chi connectivity index (χ4n) is 1.12. The third kappa shape index (κ3) is 1.54. The van der Waals surface area contributed by atoms with Gasteiger partial charge in [-0.05, 0) is 6.42 Å². The van der Waals surface area contributed by atoms with E-state index in [9.17, 15) is 0 Å². The van der Waals surface area contributed by atoms with E-state index in [1.54, 1.807) is 6.07 Å². The van der Waals surface area contributed by atoms with Crippen molar-refractivity contribution in [2.75, 3.05) is 5.73 Å². The molecule has 0 amide bonds. The van der Waals surface area contributed by atoms with Crippen LogP contribution in [0.4, 0.5) is 5.82 Å². The second-order valence-corrected chi connectivity index (χ2v) is 2.80. The highest BCUT2D eigenvalue weighted by Gasteiger charge is 2.06. The number of aromatic amines is 1. The zero-order valence-electron chi connectivity index (χ0n) is 7.73. The van der Waals surface area contributed by atoms with Crippen LogP contribution in [0, 0.1) is 0 Å². The van der Waals surface area contributed by atoms with Crippen molar-refractivity contribution in [3.63, 3.8) is 0 Å². The van der Waals surface area contributed by atoms with Crippen LogP contribution in [0.25, 0.3) is 11.6 Å².